The molecule has 1 fully saturated rings. The fourth-order valence-electron chi connectivity index (χ4n) is 1.86. The smallest absolute Gasteiger partial charge is 0.257 e. The molecule has 1 aromatic heterocycles. The van der Waals surface area contributed by atoms with Gasteiger partial charge in [0.1, 0.15) is 6.10 Å². The third-order valence-corrected chi connectivity index (χ3v) is 2.73. The second kappa shape index (κ2) is 6.45. The van der Waals surface area contributed by atoms with Gasteiger partial charge in [-0.15, -0.1) is 0 Å². The number of aromatic nitrogens is 1. The molecule has 0 saturated carbocycles. The molecule has 94 valence electrons. The monoisotopic (exact) mass is 236 g/mol. The van der Waals surface area contributed by atoms with Crippen molar-refractivity contribution in [1.29, 1.82) is 0 Å². The molecule has 1 aromatic rings. The Balaban J connectivity index is 1.98. The maximum absolute atomic E-state index is 5.88. The normalized spacial score (nSPS) is 19.9. The first-order chi connectivity index (χ1) is 8.40. The van der Waals surface area contributed by atoms with Gasteiger partial charge >= 0.3 is 0 Å². The van der Waals surface area contributed by atoms with Gasteiger partial charge in [-0.2, -0.15) is 0 Å². The quantitative estimate of drug-likeness (QED) is 0.849. The summed E-state index contributed by atoms with van der Waals surface area (Å²) in [6.07, 6.45) is 5.17. The van der Waals surface area contributed by atoms with E-state index in [0.717, 1.165) is 38.1 Å². The van der Waals surface area contributed by atoms with Crippen molar-refractivity contribution in [2.75, 3.05) is 19.7 Å². The van der Waals surface area contributed by atoms with Crippen molar-refractivity contribution in [3.63, 3.8) is 0 Å². The molecule has 0 amide bonds. The highest BCUT2D eigenvalue weighted by Crippen LogP contribution is 2.25. The van der Waals surface area contributed by atoms with E-state index in [1.807, 2.05) is 12.1 Å². The molecule has 1 atom stereocenters. The first-order valence-corrected chi connectivity index (χ1v) is 6.35. The summed E-state index contributed by atoms with van der Waals surface area (Å²) in [6.45, 7) is 4.76. The van der Waals surface area contributed by atoms with Gasteiger partial charge < -0.3 is 14.8 Å². The predicted molar refractivity (Wildman–Crippen MR) is 66.5 cm³/mol. The van der Waals surface area contributed by atoms with Crippen LogP contribution in [0.25, 0.3) is 0 Å². The van der Waals surface area contributed by atoms with E-state index in [1.165, 1.54) is 0 Å². The van der Waals surface area contributed by atoms with Gasteiger partial charge in [0.2, 0.25) is 0 Å². The maximum Gasteiger partial charge on any atom is 0.257 e. The second-order valence-corrected chi connectivity index (χ2v) is 4.24. The molecule has 0 bridgehead atoms. The van der Waals surface area contributed by atoms with Crippen LogP contribution in [-0.4, -0.2) is 30.8 Å². The molecule has 2 heterocycles. The van der Waals surface area contributed by atoms with Crippen LogP contribution < -0.4 is 14.8 Å². The Labute approximate surface area is 102 Å². The number of ether oxygens (including phenoxy) is 2. The van der Waals surface area contributed by atoms with E-state index in [9.17, 15) is 0 Å². The topological polar surface area (TPSA) is 43.4 Å². The highest BCUT2D eigenvalue weighted by atomic mass is 16.5. The highest BCUT2D eigenvalue weighted by Gasteiger charge is 2.17. The van der Waals surface area contributed by atoms with Crippen LogP contribution in [0, 0.1) is 0 Å². The molecule has 1 unspecified atom stereocenters. The number of nitrogens with one attached hydrogen (secondary N) is 1. The standard InChI is InChI=1S/C13H20N2O2/c1-2-9-16-12-6-4-8-15-13(12)17-11-5-3-7-14-10-11/h4,6,8,11,14H,2-3,5,7,9-10H2,1H3. The first-order valence-electron chi connectivity index (χ1n) is 6.35. The molecule has 1 aliphatic heterocycles. The molecule has 4 nitrogen and oxygen atoms in total. The molecule has 0 aromatic carbocycles. The average Bonchev–Trinajstić information content (AvgIpc) is 2.39. The maximum atomic E-state index is 5.88. The average molecular weight is 236 g/mol. The zero-order valence-electron chi connectivity index (χ0n) is 10.3. The van der Waals surface area contributed by atoms with Crippen LogP contribution in [0.15, 0.2) is 18.3 Å². The number of hydrogen-bond acceptors (Lipinski definition) is 4. The number of hydrogen-bond donors (Lipinski definition) is 1. The van der Waals surface area contributed by atoms with Crippen LogP contribution in [0.5, 0.6) is 11.6 Å². The van der Waals surface area contributed by atoms with Crippen molar-refractivity contribution in [2.45, 2.75) is 32.3 Å². The van der Waals surface area contributed by atoms with Gasteiger partial charge in [0, 0.05) is 12.7 Å². The minimum absolute atomic E-state index is 0.211. The van der Waals surface area contributed by atoms with Crippen LogP contribution in [0.4, 0.5) is 0 Å². The van der Waals surface area contributed by atoms with Crippen molar-refractivity contribution in [2.24, 2.45) is 0 Å². The van der Waals surface area contributed by atoms with Crippen LogP contribution >= 0.6 is 0 Å². The molecule has 2 rings (SSSR count). The number of rotatable bonds is 5. The molecule has 1 aliphatic rings. The third kappa shape index (κ3) is 3.60. The summed E-state index contributed by atoms with van der Waals surface area (Å²) >= 11 is 0. The fraction of sp³-hybridized carbons (Fsp3) is 0.615. The summed E-state index contributed by atoms with van der Waals surface area (Å²) in [6, 6.07) is 3.78. The zero-order chi connectivity index (χ0) is 11.9. The van der Waals surface area contributed by atoms with Crippen molar-refractivity contribution in [3.05, 3.63) is 18.3 Å². The SMILES string of the molecule is CCCOc1cccnc1OC1CCCNC1. The summed E-state index contributed by atoms with van der Waals surface area (Å²) in [5, 5.41) is 3.32. The number of nitrogens with zero attached hydrogens (tertiary/aromatic N) is 1. The molecule has 17 heavy (non-hydrogen) atoms. The van der Waals surface area contributed by atoms with Crippen LogP contribution in [0.1, 0.15) is 26.2 Å². The Morgan fingerprint density at radius 1 is 1.53 bits per heavy atom. The van der Waals surface area contributed by atoms with Crippen LogP contribution in [-0.2, 0) is 0 Å². The Bertz CT molecular complexity index is 338. The zero-order valence-corrected chi connectivity index (χ0v) is 10.3. The minimum atomic E-state index is 0.211. The number of piperidine rings is 1. The second-order valence-electron chi connectivity index (χ2n) is 4.24. The van der Waals surface area contributed by atoms with E-state index in [0.29, 0.717) is 12.5 Å². The summed E-state index contributed by atoms with van der Waals surface area (Å²) in [4.78, 5) is 4.25. The molecule has 1 N–H and O–H groups in total. The Morgan fingerprint density at radius 2 is 2.47 bits per heavy atom. The lowest BCUT2D eigenvalue weighted by Gasteiger charge is -2.24. The fourth-order valence-corrected chi connectivity index (χ4v) is 1.86. The Morgan fingerprint density at radius 3 is 3.24 bits per heavy atom. The molecular formula is C13H20N2O2. The molecule has 0 radical (unpaired) electrons. The van der Waals surface area contributed by atoms with E-state index in [2.05, 4.69) is 17.2 Å². The predicted octanol–water partition coefficient (Wildman–Crippen LogP) is 2.00. The van der Waals surface area contributed by atoms with E-state index in [1.54, 1.807) is 6.20 Å². The van der Waals surface area contributed by atoms with Crippen molar-refractivity contribution in [3.8, 4) is 11.6 Å². The third-order valence-electron chi connectivity index (χ3n) is 2.73. The van der Waals surface area contributed by atoms with E-state index < -0.39 is 0 Å². The molecule has 0 spiro atoms. The Hall–Kier alpha value is -1.29. The van der Waals surface area contributed by atoms with E-state index >= 15 is 0 Å². The van der Waals surface area contributed by atoms with E-state index in [4.69, 9.17) is 9.47 Å². The largest absolute Gasteiger partial charge is 0.488 e. The lowest BCUT2D eigenvalue weighted by Crippen LogP contribution is -2.37. The van der Waals surface area contributed by atoms with Crippen LogP contribution in [0.2, 0.25) is 0 Å². The summed E-state index contributed by atoms with van der Waals surface area (Å²) in [5.41, 5.74) is 0. The van der Waals surface area contributed by atoms with Gasteiger partial charge in [-0.1, -0.05) is 6.92 Å². The lowest BCUT2D eigenvalue weighted by atomic mass is 10.1. The summed E-state index contributed by atoms with van der Waals surface area (Å²) in [5.74, 6) is 1.37. The van der Waals surface area contributed by atoms with Gasteiger partial charge in [-0.25, -0.2) is 4.98 Å². The first kappa shape index (κ1) is 12.2. The summed E-state index contributed by atoms with van der Waals surface area (Å²) < 4.78 is 11.5. The molecule has 1 saturated heterocycles. The van der Waals surface area contributed by atoms with Crippen molar-refractivity contribution < 1.29 is 9.47 Å². The van der Waals surface area contributed by atoms with Crippen LogP contribution in [0.3, 0.4) is 0 Å². The molecular weight excluding hydrogens is 216 g/mol. The highest BCUT2D eigenvalue weighted by molar-refractivity contribution is 5.32. The lowest BCUT2D eigenvalue weighted by molar-refractivity contribution is 0.151. The van der Waals surface area contributed by atoms with Crippen molar-refractivity contribution >= 4 is 0 Å². The summed E-state index contributed by atoms with van der Waals surface area (Å²) in [7, 11) is 0. The van der Waals surface area contributed by atoms with Gasteiger partial charge in [0.25, 0.3) is 5.88 Å². The minimum Gasteiger partial charge on any atom is -0.488 e. The van der Waals surface area contributed by atoms with Crippen molar-refractivity contribution in [1.82, 2.24) is 10.3 Å². The van der Waals surface area contributed by atoms with E-state index in [-0.39, 0.29) is 6.10 Å². The molecule has 0 aliphatic carbocycles. The Kier molecular flexibility index (Phi) is 4.62. The van der Waals surface area contributed by atoms with Gasteiger partial charge in [-0.05, 0) is 37.9 Å². The molecule has 4 heteroatoms. The van der Waals surface area contributed by atoms with Gasteiger partial charge in [0.15, 0.2) is 5.75 Å². The van der Waals surface area contributed by atoms with Gasteiger partial charge in [0.05, 0.1) is 6.61 Å². The van der Waals surface area contributed by atoms with Gasteiger partial charge in [-0.3, -0.25) is 0 Å². The number of pyridine rings is 1.